The number of piperidine rings is 1. The van der Waals surface area contributed by atoms with Crippen LogP contribution < -0.4 is 5.32 Å². The lowest BCUT2D eigenvalue weighted by Gasteiger charge is -2.39. The van der Waals surface area contributed by atoms with E-state index in [0.717, 1.165) is 5.56 Å². The quantitative estimate of drug-likeness (QED) is 0.324. The Balaban J connectivity index is 0.953. The third-order valence-electron chi connectivity index (χ3n) is 8.58. The lowest BCUT2D eigenvalue weighted by Crippen LogP contribution is -2.55. The zero-order valence-corrected chi connectivity index (χ0v) is 23.4. The molecule has 2 saturated heterocycles. The van der Waals surface area contributed by atoms with Crippen molar-refractivity contribution in [3.05, 3.63) is 95.6 Å². The zero-order valence-electron chi connectivity index (χ0n) is 23.4. The molecule has 0 saturated carbocycles. The molecule has 6 rings (SSSR count). The number of fused-ring (bicyclic) bond motifs is 3. The number of ether oxygens (including phenoxy) is 3. The molecule has 9 heteroatoms. The number of aliphatic hydroxyl groups is 3. The summed E-state index contributed by atoms with van der Waals surface area (Å²) in [4.78, 5) is 14.8. The van der Waals surface area contributed by atoms with E-state index in [9.17, 15) is 20.1 Å². The number of likely N-dealkylation sites (tertiary alicyclic amines) is 1. The van der Waals surface area contributed by atoms with Crippen molar-refractivity contribution in [3.63, 3.8) is 0 Å². The Hall–Kier alpha value is -3.31. The Kier molecular flexibility index (Phi) is 8.85. The van der Waals surface area contributed by atoms with Crippen molar-refractivity contribution in [2.75, 3.05) is 32.8 Å². The molecule has 1 amide bonds. The van der Waals surface area contributed by atoms with Gasteiger partial charge in [0.15, 0.2) is 6.29 Å². The van der Waals surface area contributed by atoms with E-state index in [2.05, 4.69) is 29.6 Å². The van der Waals surface area contributed by atoms with Crippen LogP contribution in [-0.4, -0.2) is 89.6 Å². The second-order valence-corrected chi connectivity index (χ2v) is 11.3. The number of rotatable bonds is 8. The predicted octanol–water partition coefficient (Wildman–Crippen LogP) is 3.19. The minimum Gasteiger partial charge on any atom is -0.449 e. The van der Waals surface area contributed by atoms with Crippen LogP contribution in [0, 0.1) is 0 Å². The third kappa shape index (κ3) is 6.22. The first-order valence-electron chi connectivity index (χ1n) is 14.7. The molecule has 222 valence electrons. The number of carbonyl (C=O) groups excluding carboxylic acids is 1. The summed E-state index contributed by atoms with van der Waals surface area (Å²) < 4.78 is 17.1. The van der Waals surface area contributed by atoms with Gasteiger partial charge in [-0.2, -0.15) is 0 Å². The van der Waals surface area contributed by atoms with Gasteiger partial charge in [-0.1, -0.05) is 78.9 Å². The Labute approximate surface area is 245 Å². The van der Waals surface area contributed by atoms with Crippen molar-refractivity contribution in [2.45, 2.75) is 55.5 Å². The number of benzene rings is 3. The summed E-state index contributed by atoms with van der Waals surface area (Å²) in [5.74, 6) is 0.0131. The van der Waals surface area contributed by atoms with E-state index in [1.807, 2.05) is 59.5 Å². The van der Waals surface area contributed by atoms with Crippen molar-refractivity contribution in [1.29, 1.82) is 0 Å². The smallest absolute Gasteiger partial charge is 0.407 e. The Morgan fingerprint density at radius 2 is 1.55 bits per heavy atom. The van der Waals surface area contributed by atoms with Gasteiger partial charge in [-0.25, -0.2) is 4.79 Å². The van der Waals surface area contributed by atoms with Crippen LogP contribution in [0.4, 0.5) is 4.79 Å². The molecule has 5 atom stereocenters. The minimum absolute atomic E-state index is 0.000933. The third-order valence-corrected chi connectivity index (χ3v) is 8.58. The number of hydrogen-bond acceptors (Lipinski definition) is 8. The lowest BCUT2D eigenvalue weighted by atomic mass is 9.98. The summed E-state index contributed by atoms with van der Waals surface area (Å²) in [6.07, 6.45) is -4.20. The molecule has 0 aromatic heterocycles. The van der Waals surface area contributed by atoms with Gasteiger partial charge in [0.05, 0.1) is 12.7 Å². The number of aliphatic hydroxyl groups excluding tert-OH is 3. The molecule has 1 aliphatic carbocycles. The van der Waals surface area contributed by atoms with Crippen LogP contribution in [0.3, 0.4) is 0 Å². The number of hydrogen-bond donors (Lipinski definition) is 4. The first kappa shape index (κ1) is 28.8. The topological polar surface area (TPSA) is 121 Å². The molecule has 42 heavy (non-hydrogen) atoms. The maximum absolute atomic E-state index is 12.7. The summed E-state index contributed by atoms with van der Waals surface area (Å²) >= 11 is 0. The van der Waals surface area contributed by atoms with E-state index in [0.29, 0.717) is 25.9 Å². The van der Waals surface area contributed by atoms with Gasteiger partial charge in [0, 0.05) is 37.2 Å². The van der Waals surface area contributed by atoms with E-state index in [4.69, 9.17) is 14.2 Å². The van der Waals surface area contributed by atoms with Crippen molar-refractivity contribution in [3.8, 4) is 11.1 Å². The maximum atomic E-state index is 12.7. The fourth-order valence-electron chi connectivity index (χ4n) is 6.30. The van der Waals surface area contributed by atoms with Crippen LogP contribution in [0.1, 0.15) is 41.7 Å². The monoisotopic (exact) mass is 574 g/mol. The highest BCUT2D eigenvalue weighted by atomic mass is 16.7. The molecule has 0 radical (unpaired) electrons. The SMILES string of the molecule is O=C(NC1CCN(C[C@H](O)[C@@H](O)[C@@H]2O[C@H](c3ccccc3)OC[C@H]2O)CC1)OCC1c2ccccc2-c2ccccc21. The maximum Gasteiger partial charge on any atom is 0.407 e. The highest BCUT2D eigenvalue weighted by Gasteiger charge is 2.40. The molecule has 9 nitrogen and oxygen atoms in total. The molecule has 3 aliphatic rings. The lowest BCUT2D eigenvalue weighted by molar-refractivity contribution is -0.283. The average Bonchev–Trinajstić information content (AvgIpc) is 3.35. The summed E-state index contributed by atoms with van der Waals surface area (Å²) in [5, 5.41) is 35.1. The molecular formula is C33H38N2O7. The predicted molar refractivity (Wildman–Crippen MR) is 156 cm³/mol. The van der Waals surface area contributed by atoms with E-state index >= 15 is 0 Å². The Morgan fingerprint density at radius 3 is 2.21 bits per heavy atom. The van der Waals surface area contributed by atoms with Crippen molar-refractivity contribution in [2.24, 2.45) is 0 Å². The van der Waals surface area contributed by atoms with Gasteiger partial charge >= 0.3 is 6.09 Å². The second kappa shape index (κ2) is 12.9. The number of carbonyl (C=O) groups is 1. The van der Waals surface area contributed by atoms with E-state index in [1.165, 1.54) is 22.3 Å². The Bertz CT molecular complexity index is 1300. The fraction of sp³-hybridized carbons (Fsp3) is 0.424. The molecule has 2 aliphatic heterocycles. The number of nitrogens with one attached hydrogen (secondary N) is 1. The van der Waals surface area contributed by atoms with Crippen LogP contribution in [0.5, 0.6) is 0 Å². The average molecular weight is 575 g/mol. The molecule has 0 spiro atoms. The zero-order chi connectivity index (χ0) is 29.1. The summed E-state index contributed by atoms with van der Waals surface area (Å²) in [6, 6.07) is 25.8. The van der Waals surface area contributed by atoms with Crippen LogP contribution in [-0.2, 0) is 14.2 Å². The largest absolute Gasteiger partial charge is 0.449 e. The normalized spacial score (nSPS) is 24.4. The molecule has 0 unspecified atom stereocenters. The van der Waals surface area contributed by atoms with E-state index in [-0.39, 0.29) is 31.7 Å². The highest BCUT2D eigenvalue weighted by Crippen LogP contribution is 2.44. The highest BCUT2D eigenvalue weighted by molar-refractivity contribution is 5.79. The first-order chi connectivity index (χ1) is 20.5. The molecule has 4 N–H and O–H groups in total. The Morgan fingerprint density at radius 1 is 0.929 bits per heavy atom. The van der Waals surface area contributed by atoms with Crippen LogP contribution in [0.25, 0.3) is 11.1 Å². The molecule has 2 heterocycles. The van der Waals surface area contributed by atoms with Crippen molar-refractivity contribution in [1.82, 2.24) is 10.2 Å². The van der Waals surface area contributed by atoms with E-state index < -0.39 is 36.8 Å². The standard InChI is InChI=1S/C33H38N2O7/c36-28(30(38)31-29(37)20-40-32(42-31)21-8-2-1-3-9-21)18-35-16-14-22(15-17-35)34-33(39)41-19-27-25-12-6-4-10-23(25)24-11-5-7-13-26(24)27/h1-13,22,27-32,36-38H,14-20H2,(H,34,39)/t28-,29+,30+,31+,32+/m0/s1. The minimum atomic E-state index is -1.29. The van der Waals surface area contributed by atoms with Gasteiger partial charge in [-0.05, 0) is 35.1 Å². The summed E-state index contributed by atoms with van der Waals surface area (Å²) in [6.45, 7) is 1.78. The molecule has 0 bridgehead atoms. The molecular weight excluding hydrogens is 536 g/mol. The van der Waals surface area contributed by atoms with Gasteiger partial charge in [0.2, 0.25) is 0 Å². The van der Waals surface area contributed by atoms with Gasteiger partial charge in [0.1, 0.15) is 24.9 Å². The number of alkyl carbamates (subject to hydrolysis) is 1. The van der Waals surface area contributed by atoms with Crippen LogP contribution >= 0.6 is 0 Å². The van der Waals surface area contributed by atoms with Gasteiger partial charge in [-0.3, -0.25) is 0 Å². The van der Waals surface area contributed by atoms with Gasteiger partial charge < -0.3 is 39.7 Å². The number of β-amino-alcohol motifs (C(OH)–C–C–N with tert-alkyl or cyclic N) is 1. The molecule has 2 fully saturated rings. The van der Waals surface area contributed by atoms with Gasteiger partial charge in [0.25, 0.3) is 0 Å². The summed E-state index contributed by atoms with van der Waals surface area (Å²) in [5.41, 5.74) is 5.51. The van der Waals surface area contributed by atoms with Gasteiger partial charge in [-0.15, -0.1) is 0 Å². The molecule has 3 aromatic rings. The van der Waals surface area contributed by atoms with E-state index in [1.54, 1.807) is 0 Å². The van der Waals surface area contributed by atoms with Crippen LogP contribution in [0.15, 0.2) is 78.9 Å². The molecule has 3 aromatic carbocycles. The van der Waals surface area contributed by atoms with Crippen LogP contribution in [0.2, 0.25) is 0 Å². The number of amides is 1. The van der Waals surface area contributed by atoms with Crippen molar-refractivity contribution < 1.29 is 34.3 Å². The van der Waals surface area contributed by atoms with Crippen molar-refractivity contribution >= 4 is 6.09 Å². The fourth-order valence-corrected chi connectivity index (χ4v) is 6.30. The second-order valence-electron chi connectivity index (χ2n) is 11.3. The summed E-state index contributed by atoms with van der Waals surface area (Å²) in [7, 11) is 0. The number of nitrogens with zero attached hydrogens (tertiary/aromatic N) is 1. The first-order valence-corrected chi connectivity index (χ1v) is 14.7.